The number of rotatable bonds is 8. The minimum atomic E-state index is -10.7. The van der Waals surface area contributed by atoms with Crippen molar-refractivity contribution in [1.29, 1.82) is 5.41 Å². The van der Waals surface area contributed by atoms with E-state index in [0.717, 1.165) is 39.6 Å². The third kappa shape index (κ3) is 21.9. The van der Waals surface area contributed by atoms with E-state index >= 15 is 0 Å². The third-order valence-electron chi connectivity index (χ3n) is 6.92. The van der Waals surface area contributed by atoms with Crippen LogP contribution in [0, 0.1) is 5.41 Å². The number of pyridine rings is 4. The number of halogens is 6. The van der Waals surface area contributed by atoms with Gasteiger partial charge in [0.15, 0.2) is 12.0 Å². The van der Waals surface area contributed by atoms with Gasteiger partial charge in [-0.15, -0.1) is 6.61 Å². The molecule has 0 aliphatic rings. The summed E-state index contributed by atoms with van der Waals surface area (Å²) >= 11 is 0. The van der Waals surface area contributed by atoms with Crippen LogP contribution in [-0.2, 0) is 0 Å². The van der Waals surface area contributed by atoms with E-state index in [1.807, 2.05) is 123 Å². The molecule has 63 heavy (non-hydrogen) atoms. The number of allylic oxidation sites excluding steroid dienone is 1. The van der Waals surface area contributed by atoms with Crippen LogP contribution in [0.25, 0.3) is 45.4 Å². The van der Waals surface area contributed by atoms with Crippen LogP contribution in [0.2, 0.25) is 0 Å². The van der Waals surface area contributed by atoms with Gasteiger partial charge in [0, 0.05) is 74.7 Å². The molecule has 0 amide bonds. The molecule has 3 N–H and O–H groups in total. The molecule has 0 aromatic carbocycles. The zero-order valence-electron chi connectivity index (χ0n) is 35.1. The molecular weight excluding hydrogens is 860 g/mol. The minimum Gasteiger partial charge on any atom is -0.382 e. The topological polar surface area (TPSA) is 192 Å². The molecule has 0 saturated carbocycles. The monoisotopic (exact) mass is 904 g/mol. The van der Waals surface area contributed by atoms with Crippen molar-refractivity contribution < 1.29 is 64.4 Å². The van der Waals surface area contributed by atoms with Crippen molar-refractivity contribution in [3.63, 3.8) is 0 Å². The molecule has 7 rings (SSSR count). The van der Waals surface area contributed by atoms with Gasteiger partial charge in [0.25, 0.3) is 0 Å². The van der Waals surface area contributed by atoms with Crippen LogP contribution in [0.4, 0.5) is 25.2 Å². The Morgan fingerprint density at radius 2 is 1.19 bits per heavy atom. The average molecular weight is 905 g/mol. The van der Waals surface area contributed by atoms with E-state index in [4.69, 9.17) is 16.2 Å². The van der Waals surface area contributed by atoms with E-state index in [1.165, 1.54) is 0 Å². The molecule has 7 heterocycles. The number of nitrogens with two attached hydrogens (primary N) is 1. The number of amidine groups is 1. The quantitative estimate of drug-likeness (QED) is 0.0543. The van der Waals surface area contributed by atoms with Crippen molar-refractivity contribution in [2.45, 2.75) is 6.92 Å². The summed E-state index contributed by atoms with van der Waals surface area (Å²) in [6, 6.07) is 20.5. The van der Waals surface area contributed by atoms with Gasteiger partial charge in [-0.2, -0.15) is 10.2 Å². The zero-order chi connectivity index (χ0) is 45.8. The molecule has 15 nitrogen and oxygen atoms in total. The van der Waals surface area contributed by atoms with E-state index in [1.54, 1.807) is 78.0 Å². The second kappa shape index (κ2) is 23.8. The van der Waals surface area contributed by atoms with Crippen LogP contribution < -0.4 is 40.4 Å². The molecule has 0 spiro atoms. The molecule has 0 fully saturated rings. The molecule has 0 bridgehead atoms. The molecular formula is C40H44F6N14NaOP. The zero-order valence-corrected chi connectivity index (χ0v) is 38.0. The second-order valence-corrected chi connectivity index (χ2v) is 14.7. The van der Waals surface area contributed by atoms with E-state index in [9.17, 15) is 25.2 Å². The first-order valence-electron chi connectivity index (χ1n) is 18.1. The molecule has 0 aliphatic carbocycles. The Balaban J connectivity index is 0.000000309. The average Bonchev–Trinajstić information content (AvgIpc) is 3.93. The normalized spacial score (nSPS) is 11.4. The summed E-state index contributed by atoms with van der Waals surface area (Å²) in [5.74, 6) is 0.556. The van der Waals surface area contributed by atoms with Gasteiger partial charge in [-0.1, -0.05) is 19.1 Å². The fourth-order valence-electron chi connectivity index (χ4n) is 4.45. The Bertz CT molecular complexity index is 2500. The van der Waals surface area contributed by atoms with Crippen LogP contribution in [0.3, 0.4) is 0 Å². The molecule has 328 valence electrons. The van der Waals surface area contributed by atoms with Gasteiger partial charge in [0.1, 0.15) is 31.3 Å². The van der Waals surface area contributed by atoms with Gasteiger partial charge in [-0.3, -0.25) is 15.4 Å². The maximum absolute atomic E-state index is 10.7. The maximum Gasteiger partial charge on any atom is 1.00 e. The number of nitrogen functional groups attached to an aromatic ring is 1. The number of hydrogen-bond donors (Lipinski definition) is 2. The summed E-state index contributed by atoms with van der Waals surface area (Å²) < 4.78 is 64.7. The van der Waals surface area contributed by atoms with Crippen molar-refractivity contribution in [2.24, 2.45) is 5.73 Å². The second-order valence-electron chi connectivity index (χ2n) is 12.7. The first-order valence-corrected chi connectivity index (χ1v) is 20.1. The summed E-state index contributed by atoms with van der Waals surface area (Å²) in [6.07, 6.45) is 23.6. The number of aromatic nitrogens is 10. The van der Waals surface area contributed by atoms with E-state index in [2.05, 4.69) is 40.1 Å². The third-order valence-corrected chi connectivity index (χ3v) is 6.92. The van der Waals surface area contributed by atoms with Gasteiger partial charge >= 0.3 is 62.5 Å². The van der Waals surface area contributed by atoms with E-state index < -0.39 is 7.81 Å². The maximum atomic E-state index is 9.87. The first-order chi connectivity index (χ1) is 29.1. The number of hydrogen-bond acceptors (Lipinski definition) is 11. The Morgan fingerprint density at radius 3 is 1.62 bits per heavy atom. The fraction of sp³-hybridized carbons (Fsp3) is 0.150. The van der Waals surface area contributed by atoms with Crippen LogP contribution in [0.1, 0.15) is 12.6 Å². The molecule has 0 radical (unpaired) electrons. The van der Waals surface area contributed by atoms with Crippen LogP contribution >= 0.6 is 7.81 Å². The predicted molar refractivity (Wildman–Crippen MR) is 226 cm³/mol. The predicted octanol–water partition coefficient (Wildman–Crippen LogP) is 4.56. The Morgan fingerprint density at radius 1 is 0.730 bits per heavy atom. The minimum absolute atomic E-state index is 0. The van der Waals surface area contributed by atoms with Gasteiger partial charge in [0.05, 0.1) is 47.6 Å². The summed E-state index contributed by atoms with van der Waals surface area (Å²) in [5.41, 5.74) is 11.8. The fourth-order valence-corrected chi connectivity index (χ4v) is 4.45. The van der Waals surface area contributed by atoms with Crippen LogP contribution in [-0.4, -0.2) is 106 Å². The van der Waals surface area contributed by atoms with Gasteiger partial charge in [-0.25, -0.2) is 33.9 Å². The summed E-state index contributed by atoms with van der Waals surface area (Å²) in [6.45, 7) is 1.57. The first kappa shape index (κ1) is 52.9. The van der Waals surface area contributed by atoms with Gasteiger partial charge < -0.3 is 15.7 Å². The Labute approximate surface area is 381 Å². The van der Waals surface area contributed by atoms with Gasteiger partial charge in [0.2, 0.25) is 0 Å². The molecule has 7 aromatic rings. The van der Waals surface area contributed by atoms with E-state index in [-0.39, 0.29) is 42.0 Å². The SMILES string of the molecule is CC[O-].CN(C)/C=C/C=[N+](C)C.F[P-](F)(F)(F)(F)F.N=C(N)c1cccc(-c2cnn(-c3cccnc3)c2)n1.[Na+].c1cnc(-c2cccc(-c3cnn(-c4cccnc4)c3)n2)nc1. The Kier molecular flexibility index (Phi) is 20.0. The number of nitrogens with one attached hydrogen (secondary N) is 1. The summed E-state index contributed by atoms with van der Waals surface area (Å²) in [5, 5.41) is 25.0. The Hall–Kier alpha value is -6.25. The standard InChI is InChI=1S/C17H12N6.C14H12N6.C7H15N2.C2H5O.F6P.Na/c1-5-15(22-16(6-1)17-19-8-3-9-20-17)13-10-21-23(12-13)14-4-2-7-18-11-14;15-14(16)13-5-1-4-12(19-13)10-7-18-20(9-10)11-3-2-6-17-8-11;1-8(2)6-5-7-9(3)4;1-2-3;1-7(2,3,4,5)6;/h1-12H;1-9H,(H3,15,16);5-7H,1-4H3;2H2,1H3;;/q;;+1;2*-1;+1. The van der Waals surface area contributed by atoms with Crippen LogP contribution in [0.5, 0.6) is 0 Å². The number of nitrogens with zero attached hydrogens (tertiary/aromatic N) is 12. The van der Waals surface area contributed by atoms with Crippen molar-refractivity contribution in [2.75, 3.05) is 34.8 Å². The van der Waals surface area contributed by atoms with Crippen molar-refractivity contribution >= 4 is 19.9 Å². The molecule has 7 aromatic heterocycles. The largest absolute Gasteiger partial charge is 1.00 e. The summed E-state index contributed by atoms with van der Waals surface area (Å²) in [7, 11) is -2.66. The van der Waals surface area contributed by atoms with Crippen molar-refractivity contribution in [1.82, 2.24) is 54.4 Å². The summed E-state index contributed by atoms with van der Waals surface area (Å²) in [4.78, 5) is 27.6. The van der Waals surface area contributed by atoms with Crippen molar-refractivity contribution in [3.8, 4) is 45.4 Å². The van der Waals surface area contributed by atoms with Crippen LogP contribution in [0.15, 0.2) is 141 Å². The molecule has 0 aliphatic heterocycles. The van der Waals surface area contributed by atoms with Crippen molar-refractivity contribution in [3.05, 3.63) is 147 Å². The molecule has 23 heteroatoms. The molecule has 0 saturated heterocycles. The van der Waals surface area contributed by atoms with E-state index in [0.29, 0.717) is 11.5 Å². The smallest absolute Gasteiger partial charge is 0.382 e. The molecule has 0 unspecified atom stereocenters. The van der Waals surface area contributed by atoms with Gasteiger partial charge in [-0.05, 0) is 54.6 Å². The molecule has 0 atom stereocenters.